The maximum Gasteiger partial charge on any atom is 0.192 e. The molecule has 1 aromatic carbocycles. The van der Waals surface area contributed by atoms with Crippen LogP contribution in [0.4, 0.5) is 4.39 Å². The molecule has 2 N–H and O–H groups in total. The molecule has 3 rings (SSSR count). The van der Waals surface area contributed by atoms with Gasteiger partial charge < -0.3 is 15.4 Å². The molecule has 2 aliphatic rings. The van der Waals surface area contributed by atoms with Crippen LogP contribution in [0.3, 0.4) is 0 Å². The van der Waals surface area contributed by atoms with Crippen molar-refractivity contribution in [1.29, 1.82) is 0 Å². The van der Waals surface area contributed by atoms with Crippen LogP contribution < -0.4 is 5.73 Å². The number of guanidine groups is 1. The van der Waals surface area contributed by atoms with Gasteiger partial charge in [0, 0.05) is 23.2 Å². The van der Waals surface area contributed by atoms with E-state index in [9.17, 15) is 4.39 Å². The summed E-state index contributed by atoms with van der Waals surface area (Å²) in [5, 5.41) is 0. The molecule has 0 aromatic heterocycles. The van der Waals surface area contributed by atoms with Crippen LogP contribution in [0.1, 0.15) is 24.4 Å². The molecule has 2 unspecified atom stereocenters. The van der Waals surface area contributed by atoms with Crippen molar-refractivity contribution in [2.45, 2.75) is 25.0 Å². The van der Waals surface area contributed by atoms with Gasteiger partial charge in [0.2, 0.25) is 0 Å². The SMILES string of the molecule is NC1=NCC(c2ccc(Br)cc2F)N1CC1CCCO1. The van der Waals surface area contributed by atoms with Gasteiger partial charge in [-0.15, -0.1) is 0 Å². The Bertz CT molecular complexity index is 531. The molecule has 0 radical (unpaired) electrons. The number of nitrogens with two attached hydrogens (primary N) is 1. The quantitative estimate of drug-likeness (QED) is 0.918. The number of hydrogen-bond acceptors (Lipinski definition) is 4. The molecule has 0 bridgehead atoms. The molecule has 1 fully saturated rings. The number of rotatable bonds is 3. The number of benzene rings is 1. The summed E-state index contributed by atoms with van der Waals surface area (Å²) in [5.74, 6) is 0.249. The van der Waals surface area contributed by atoms with Crippen LogP contribution in [-0.4, -0.2) is 36.7 Å². The Balaban J connectivity index is 1.80. The third-order valence-corrected chi connectivity index (χ3v) is 4.34. The van der Waals surface area contributed by atoms with Crippen LogP contribution in [0.5, 0.6) is 0 Å². The van der Waals surface area contributed by atoms with Crippen LogP contribution in [0, 0.1) is 5.82 Å². The van der Waals surface area contributed by atoms with Crippen LogP contribution in [-0.2, 0) is 4.74 Å². The second-order valence-corrected chi connectivity index (χ2v) is 6.08. The van der Waals surface area contributed by atoms with E-state index in [2.05, 4.69) is 20.9 Å². The zero-order chi connectivity index (χ0) is 14.1. The number of ether oxygens (including phenoxy) is 1. The first-order valence-corrected chi connectivity index (χ1v) is 7.57. The zero-order valence-electron chi connectivity index (χ0n) is 11.1. The lowest BCUT2D eigenvalue weighted by molar-refractivity contribution is 0.0849. The van der Waals surface area contributed by atoms with E-state index < -0.39 is 0 Å². The fraction of sp³-hybridized carbons (Fsp3) is 0.500. The summed E-state index contributed by atoms with van der Waals surface area (Å²) in [6.07, 6.45) is 2.27. The lowest BCUT2D eigenvalue weighted by atomic mass is 10.0. The Labute approximate surface area is 125 Å². The molecule has 2 atom stereocenters. The molecule has 0 saturated carbocycles. The minimum absolute atomic E-state index is 0.132. The van der Waals surface area contributed by atoms with Gasteiger partial charge in [-0.05, 0) is 25.0 Å². The van der Waals surface area contributed by atoms with Gasteiger partial charge in [-0.1, -0.05) is 22.0 Å². The Morgan fingerprint density at radius 2 is 2.35 bits per heavy atom. The van der Waals surface area contributed by atoms with Gasteiger partial charge in [-0.25, -0.2) is 4.39 Å². The van der Waals surface area contributed by atoms with Gasteiger partial charge in [0.15, 0.2) is 5.96 Å². The summed E-state index contributed by atoms with van der Waals surface area (Å²) in [6.45, 7) is 1.97. The molecule has 0 aliphatic carbocycles. The number of hydrogen-bond donors (Lipinski definition) is 1. The summed E-state index contributed by atoms with van der Waals surface area (Å²) < 4.78 is 20.5. The van der Waals surface area contributed by atoms with Crippen LogP contribution >= 0.6 is 15.9 Å². The third kappa shape index (κ3) is 2.67. The lowest BCUT2D eigenvalue weighted by Gasteiger charge is -2.29. The van der Waals surface area contributed by atoms with E-state index in [1.807, 2.05) is 11.0 Å². The normalized spacial score (nSPS) is 26.1. The summed E-state index contributed by atoms with van der Waals surface area (Å²) in [5.41, 5.74) is 6.59. The Kier molecular flexibility index (Phi) is 3.94. The molecule has 2 heterocycles. The molecule has 6 heteroatoms. The summed E-state index contributed by atoms with van der Waals surface area (Å²) >= 11 is 3.28. The Morgan fingerprint density at radius 1 is 1.50 bits per heavy atom. The molecule has 4 nitrogen and oxygen atoms in total. The van der Waals surface area contributed by atoms with Crippen LogP contribution in [0.15, 0.2) is 27.7 Å². The Hall–Kier alpha value is -1.14. The van der Waals surface area contributed by atoms with E-state index in [1.54, 1.807) is 6.07 Å². The molecule has 0 amide bonds. The van der Waals surface area contributed by atoms with Crippen molar-refractivity contribution >= 4 is 21.9 Å². The molecular weight excluding hydrogens is 325 g/mol. The second kappa shape index (κ2) is 5.69. The van der Waals surface area contributed by atoms with Gasteiger partial charge in [0.05, 0.1) is 18.7 Å². The number of aliphatic imine (C=N–C) groups is 1. The lowest BCUT2D eigenvalue weighted by Crippen LogP contribution is -2.41. The first-order valence-electron chi connectivity index (χ1n) is 6.78. The third-order valence-electron chi connectivity index (χ3n) is 3.84. The monoisotopic (exact) mass is 341 g/mol. The van der Waals surface area contributed by atoms with E-state index in [0.717, 1.165) is 23.9 Å². The molecule has 0 spiro atoms. The molecule has 2 aliphatic heterocycles. The van der Waals surface area contributed by atoms with Crippen molar-refractivity contribution in [3.05, 3.63) is 34.1 Å². The fourth-order valence-electron chi connectivity index (χ4n) is 2.80. The van der Waals surface area contributed by atoms with E-state index >= 15 is 0 Å². The van der Waals surface area contributed by atoms with Crippen molar-refractivity contribution in [3.8, 4) is 0 Å². The van der Waals surface area contributed by atoms with Gasteiger partial charge in [0.25, 0.3) is 0 Å². The zero-order valence-corrected chi connectivity index (χ0v) is 12.6. The van der Waals surface area contributed by atoms with Gasteiger partial charge in [0.1, 0.15) is 5.82 Å². The maximum absolute atomic E-state index is 14.1. The van der Waals surface area contributed by atoms with E-state index in [4.69, 9.17) is 10.5 Å². The molecular formula is C14H17BrFN3O. The van der Waals surface area contributed by atoms with Gasteiger partial charge >= 0.3 is 0 Å². The maximum atomic E-state index is 14.1. The smallest absolute Gasteiger partial charge is 0.192 e. The average molecular weight is 342 g/mol. The molecule has 1 saturated heterocycles. The van der Waals surface area contributed by atoms with E-state index in [0.29, 0.717) is 24.6 Å². The topological polar surface area (TPSA) is 50.8 Å². The van der Waals surface area contributed by atoms with Crippen molar-refractivity contribution in [3.63, 3.8) is 0 Å². The predicted molar refractivity (Wildman–Crippen MR) is 79.0 cm³/mol. The number of halogens is 2. The summed E-state index contributed by atoms with van der Waals surface area (Å²) in [7, 11) is 0. The second-order valence-electron chi connectivity index (χ2n) is 5.17. The highest BCUT2D eigenvalue weighted by atomic mass is 79.9. The summed E-state index contributed by atoms with van der Waals surface area (Å²) in [6, 6.07) is 4.98. The fourth-order valence-corrected chi connectivity index (χ4v) is 3.13. The summed E-state index contributed by atoms with van der Waals surface area (Å²) in [4.78, 5) is 6.23. The largest absolute Gasteiger partial charge is 0.376 e. The van der Waals surface area contributed by atoms with Crippen LogP contribution in [0.2, 0.25) is 0 Å². The van der Waals surface area contributed by atoms with Crippen molar-refractivity contribution in [2.75, 3.05) is 19.7 Å². The highest BCUT2D eigenvalue weighted by Crippen LogP contribution is 2.30. The van der Waals surface area contributed by atoms with Gasteiger partial charge in [-0.2, -0.15) is 0 Å². The van der Waals surface area contributed by atoms with Crippen molar-refractivity contribution in [1.82, 2.24) is 4.90 Å². The molecule has 108 valence electrons. The standard InChI is InChI=1S/C14H17BrFN3O/c15-9-3-4-11(12(16)6-9)13-7-18-14(17)19(13)8-10-2-1-5-20-10/h3-4,6,10,13H,1-2,5,7-8H2,(H2,17,18). The highest BCUT2D eigenvalue weighted by molar-refractivity contribution is 9.10. The van der Waals surface area contributed by atoms with E-state index in [-0.39, 0.29) is 18.0 Å². The van der Waals surface area contributed by atoms with Crippen LogP contribution in [0.25, 0.3) is 0 Å². The molecule has 20 heavy (non-hydrogen) atoms. The molecule has 1 aromatic rings. The number of nitrogens with zero attached hydrogens (tertiary/aromatic N) is 2. The first kappa shape index (κ1) is 13.8. The highest BCUT2D eigenvalue weighted by Gasteiger charge is 2.32. The van der Waals surface area contributed by atoms with Crippen molar-refractivity contribution < 1.29 is 9.13 Å². The first-order chi connectivity index (χ1) is 9.65. The average Bonchev–Trinajstić information content (AvgIpc) is 3.03. The minimum Gasteiger partial charge on any atom is -0.376 e. The van der Waals surface area contributed by atoms with Gasteiger partial charge in [-0.3, -0.25) is 4.99 Å². The van der Waals surface area contributed by atoms with E-state index in [1.165, 1.54) is 6.07 Å². The Morgan fingerprint density at radius 3 is 3.05 bits per heavy atom. The predicted octanol–water partition coefficient (Wildman–Crippen LogP) is 2.44. The van der Waals surface area contributed by atoms with Crippen molar-refractivity contribution in [2.24, 2.45) is 10.7 Å². The minimum atomic E-state index is -0.230.